The highest BCUT2D eigenvalue weighted by atomic mass is 16.5. The number of carbonyl (C=O) groups excluding carboxylic acids is 2. The van der Waals surface area contributed by atoms with Gasteiger partial charge in [0.2, 0.25) is 5.91 Å². The number of ether oxygens (including phenoxy) is 1. The van der Waals surface area contributed by atoms with E-state index < -0.39 is 0 Å². The maximum Gasteiger partial charge on any atom is 0.253 e. The van der Waals surface area contributed by atoms with Gasteiger partial charge in [0.1, 0.15) is 0 Å². The molecule has 1 N–H and O–H groups in total. The molecule has 0 aromatic heterocycles. The second-order valence-corrected chi connectivity index (χ2v) is 8.32. The van der Waals surface area contributed by atoms with E-state index in [1.165, 1.54) is 12.8 Å². The lowest BCUT2D eigenvalue weighted by Gasteiger charge is -2.31. The van der Waals surface area contributed by atoms with Gasteiger partial charge in [0, 0.05) is 44.0 Å². The molecule has 0 atom stereocenters. The van der Waals surface area contributed by atoms with E-state index in [1.54, 1.807) is 12.1 Å². The maximum atomic E-state index is 12.6. The summed E-state index contributed by atoms with van der Waals surface area (Å²) in [5.74, 6) is 0.735. The van der Waals surface area contributed by atoms with Gasteiger partial charge in [-0.05, 0) is 61.3 Å². The molecule has 1 aromatic carbocycles. The molecule has 0 bridgehead atoms. The largest absolute Gasteiger partial charge is 0.381 e. The van der Waals surface area contributed by atoms with Crippen LogP contribution >= 0.6 is 0 Å². The van der Waals surface area contributed by atoms with Crippen LogP contribution in [-0.4, -0.2) is 43.0 Å². The number of anilines is 1. The molecule has 2 amide bonds. The van der Waals surface area contributed by atoms with Crippen molar-refractivity contribution in [1.82, 2.24) is 4.90 Å². The van der Waals surface area contributed by atoms with Crippen molar-refractivity contribution < 1.29 is 14.3 Å². The summed E-state index contributed by atoms with van der Waals surface area (Å²) in [6.45, 7) is 5.76. The van der Waals surface area contributed by atoms with Gasteiger partial charge in [-0.1, -0.05) is 13.8 Å². The van der Waals surface area contributed by atoms with Crippen LogP contribution in [0.4, 0.5) is 5.69 Å². The van der Waals surface area contributed by atoms with E-state index in [-0.39, 0.29) is 23.3 Å². The molecule has 2 fully saturated rings. The lowest BCUT2D eigenvalue weighted by molar-refractivity contribution is -0.118. The van der Waals surface area contributed by atoms with Gasteiger partial charge in [-0.25, -0.2) is 0 Å². The lowest BCUT2D eigenvalue weighted by Crippen LogP contribution is -2.40. The van der Waals surface area contributed by atoms with Crippen molar-refractivity contribution in [3.63, 3.8) is 0 Å². The fraction of sp³-hybridized carbons (Fsp3) is 0.619. The summed E-state index contributed by atoms with van der Waals surface area (Å²) < 4.78 is 5.36. The fourth-order valence-corrected chi connectivity index (χ4v) is 3.77. The first-order chi connectivity index (χ1) is 12.4. The van der Waals surface area contributed by atoms with Crippen molar-refractivity contribution in [3.05, 3.63) is 29.8 Å². The fourth-order valence-electron chi connectivity index (χ4n) is 3.77. The number of nitrogens with one attached hydrogen (secondary N) is 1. The summed E-state index contributed by atoms with van der Waals surface area (Å²) in [7, 11) is 1.86. The van der Waals surface area contributed by atoms with Crippen LogP contribution in [0.15, 0.2) is 24.3 Å². The molecule has 5 heteroatoms. The smallest absolute Gasteiger partial charge is 0.253 e. The minimum atomic E-state index is 0.0182. The van der Waals surface area contributed by atoms with E-state index in [0.29, 0.717) is 31.1 Å². The summed E-state index contributed by atoms with van der Waals surface area (Å²) in [6, 6.07) is 7.44. The van der Waals surface area contributed by atoms with Crippen molar-refractivity contribution in [2.75, 3.05) is 25.6 Å². The van der Waals surface area contributed by atoms with Gasteiger partial charge >= 0.3 is 0 Å². The zero-order valence-electron chi connectivity index (χ0n) is 16.1. The molecule has 0 unspecified atom stereocenters. The highest BCUT2D eigenvalue weighted by molar-refractivity contribution is 5.96. The van der Waals surface area contributed by atoms with Gasteiger partial charge in [-0.2, -0.15) is 0 Å². The minimum absolute atomic E-state index is 0.0182. The Hall–Kier alpha value is -1.88. The van der Waals surface area contributed by atoms with Crippen LogP contribution in [0.3, 0.4) is 0 Å². The van der Waals surface area contributed by atoms with Crippen LogP contribution in [0, 0.1) is 11.3 Å². The van der Waals surface area contributed by atoms with Gasteiger partial charge in [0.25, 0.3) is 5.91 Å². The molecular weight excluding hydrogens is 328 g/mol. The van der Waals surface area contributed by atoms with E-state index >= 15 is 0 Å². The van der Waals surface area contributed by atoms with E-state index in [1.807, 2.05) is 24.1 Å². The summed E-state index contributed by atoms with van der Waals surface area (Å²) in [6.07, 6.45) is 4.76. The molecular formula is C21H30N2O3. The van der Waals surface area contributed by atoms with Crippen molar-refractivity contribution in [1.29, 1.82) is 0 Å². The summed E-state index contributed by atoms with van der Waals surface area (Å²) in [4.78, 5) is 26.8. The first-order valence-corrected chi connectivity index (χ1v) is 9.61. The van der Waals surface area contributed by atoms with Gasteiger partial charge in [0.05, 0.1) is 0 Å². The molecule has 142 valence electrons. The van der Waals surface area contributed by atoms with Crippen molar-refractivity contribution in [2.45, 2.75) is 52.0 Å². The van der Waals surface area contributed by atoms with Crippen LogP contribution in [0.1, 0.15) is 56.3 Å². The second-order valence-electron chi connectivity index (χ2n) is 8.32. The van der Waals surface area contributed by atoms with E-state index in [4.69, 9.17) is 4.74 Å². The minimum Gasteiger partial charge on any atom is -0.381 e. The summed E-state index contributed by atoms with van der Waals surface area (Å²) >= 11 is 0. The predicted octanol–water partition coefficient (Wildman–Crippen LogP) is 3.70. The Labute approximate surface area is 156 Å². The Balaban J connectivity index is 1.55. The SMILES string of the molecule is CN(C(=O)c1ccc(NC(=O)CC(C)(C)C2CC2)cc1)C1CCOCC1. The van der Waals surface area contributed by atoms with Crippen LogP contribution in [0.25, 0.3) is 0 Å². The van der Waals surface area contributed by atoms with E-state index in [0.717, 1.165) is 18.5 Å². The predicted molar refractivity (Wildman–Crippen MR) is 102 cm³/mol. The molecule has 1 heterocycles. The Morgan fingerprint density at radius 1 is 1.12 bits per heavy atom. The Morgan fingerprint density at radius 3 is 2.31 bits per heavy atom. The number of amides is 2. The quantitative estimate of drug-likeness (QED) is 0.843. The number of rotatable bonds is 6. The third kappa shape index (κ3) is 4.64. The number of hydrogen-bond donors (Lipinski definition) is 1. The highest BCUT2D eigenvalue weighted by Crippen LogP contribution is 2.47. The molecule has 1 aromatic rings. The van der Waals surface area contributed by atoms with Gasteiger partial charge in [0.15, 0.2) is 0 Å². The van der Waals surface area contributed by atoms with Crippen molar-refractivity contribution >= 4 is 17.5 Å². The van der Waals surface area contributed by atoms with Crippen molar-refractivity contribution in [3.8, 4) is 0 Å². The molecule has 0 spiro atoms. The van der Waals surface area contributed by atoms with Gasteiger partial charge in [-0.15, -0.1) is 0 Å². The van der Waals surface area contributed by atoms with Gasteiger partial charge in [-0.3, -0.25) is 9.59 Å². The maximum absolute atomic E-state index is 12.6. The number of nitrogens with zero attached hydrogens (tertiary/aromatic N) is 1. The third-order valence-corrected chi connectivity index (χ3v) is 5.77. The Morgan fingerprint density at radius 2 is 1.73 bits per heavy atom. The molecule has 1 saturated heterocycles. The van der Waals surface area contributed by atoms with Crippen molar-refractivity contribution in [2.24, 2.45) is 11.3 Å². The zero-order chi connectivity index (χ0) is 18.7. The summed E-state index contributed by atoms with van der Waals surface area (Å²) in [5.41, 5.74) is 1.45. The lowest BCUT2D eigenvalue weighted by atomic mass is 9.83. The molecule has 2 aliphatic rings. The molecule has 26 heavy (non-hydrogen) atoms. The Kier molecular flexibility index (Phi) is 5.66. The molecule has 3 rings (SSSR count). The standard InChI is InChI=1S/C21H30N2O3/c1-21(2,16-6-7-16)14-19(24)22-17-8-4-15(5-9-17)20(25)23(3)18-10-12-26-13-11-18/h4-5,8-9,16,18H,6-7,10-14H2,1-3H3,(H,22,24). The second kappa shape index (κ2) is 7.78. The molecule has 1 aliphatic carbocycles. The molecule has 5 nitrogen and oxygen atoms in total. The monoisotopic (exact) mass is 358 g/mol. The molecule has 0 radical (unpaired) electrons. The number of carbonyl (C=O) groups is 2. The average molecular weight is 358 g/mol. The first-order valence-electron chi connectivity index (χ1n) is 9.61. The average Bonchev–Trinajstić information content (AvgIpc) is 3.47. The topological polar surface area (TPSA) is 58.6 Å². The van der Waals surface area contributed by atoms with E-state index in [9.17, 15) is 9.59 Å². The highest BCUT2D eigenvalue weighted by Gasteiger charge is 2.39. The van der Waals surface area contributed by atoms with Gasteiger partial charge < -0.3 is 15.0 Å². The van der Waals surface area contributed by atoms with Crippen LogP contribution < -0.4 is 5.32 Å². The zero-order valence-corrected chi connectivity index (χ0v) is 16.1. The van der Waals surface area contributed by atoms with Crippen LogP contribution in [-0.2, 0) is 9.53 Å². The number of hydrogen-bond acceptors (Lipinski definition) is 3. The number of benzene rings is 1. The van der Waals surface area contributed by atoms with Crippen LogP contribution in [0.2, 0.25) is 0 Å². The Bertz CT molecular complexity index is 644. The summed E-state index contributed by atoms with van der Waals surface area (Å²) in [5, 5.41) is 2.96. The van der Waals surface area contributed by atoms with E-state index in [2.05, 4.69) is 19.2 Å². The first kappa shape index (κ1) is 18.9. The molecule has 1 saturated carbocycles. The normalized spacial score (nSPS) is 18.4. The third-order valence-electron chi connectivity index (χ3n) is 5.77. The molecule has 1 aliphatic heterocycles. The van der Waals surface area contributed by atoms with Crippen LogP contribution in [0.5, 0.6) is 0 Å².